The second-order valence-corrected chi connectivity index (χ2v) is 8.26. The van der Waals surface area contributed by atoms with Crippen LogP contribution in [0.5, 0.6) is 0 Å². The summed E-state index contributed by atoms with van der Waals surface area (Å²) in [7, 11) is 0. The van der Waals surface area contributed by atoms with E-state index in [4.69, 9.17) is 0 Å². The first kappa shape index (κ1) is 17.0. The van der Waals surface area contributed by atoms with Gasteiger partial charge in [-0.15, -0.1) is 0 Å². The molecule has 0 unspecified atom stereocenters. The standard InChI is InChI=1S/C21H26N2OS/c24-17(14-22-16-8-2-1-3-9-16)15-23-18-10-4-6-12-20(18)25-21-13-7-5-11-19(21)23/h4-7,10-13,16-17,22,24H,1-3,8-9,14-15H2/p+1/t17-/m0/s1. The Morgan fingerprint density at radius 1 is 0.960 bits per heavy atom. The zero-order chi connectivity index (χ0) is 17.1. The maximum Gasteiger partial charge on any atom is 0.121 e. The number of aliphatic hydroxyl groups is 1. The van der Waals surface area contributed by atoms with Crippen molar-refractivity contribution in [3.05, 3.63) is 48.5 Å². The fraction of sp³-hybridized carbons (Fsp3) is 0.429. The lowest BCUT2D eigenvalue weighted by Gasteiger charge is -2.34. The number of nitrogens with two attached hydrogens (primary N) is 1. The van der Waals surface area contributed by atoms with Crippen LogP contribution >= 0.6 is 11.8 Å². The van der Waals surface area contributed by atoms with Crippen molar-refractivity contribution in [3.63, 3.8) is 0 Å². The Balaban J connectivity index is 1.47. The molecule has 0 spiro atoms. The average Bonchev–Trinajstić information content (AvgIpc) is 2.67. The number of anilines is 2. The van der Waals surface area contributed by atoms with Crippen LogP contribution in [0.15, 0.2) is 58.3 Å². The van der Waals surface area contributed by atoms with E-state index in [1.807, 2.05) is 11.8 Å². The summed E-state index contributed by atoms with van der Waals surface area (Å²) < 4.78 is 0. The van der Waals surface area contributed by atoms with Gasteiger partial charge in [0.1, 0.15) is 12.6 Å². The smallest absolute Gasteiger partial charge is 0.121 e. The van der Waals surface area contributed by atoms with Crippen molar-refractivity contribution in [3.8, 4) is 0 Å². The van der Waals surface area contributed by atoms with Crippen molar-refractivity contribution in [2.75, 3.05) is 18.0 Å². The predicted octanol–water partition coefficient (Wildman–Crippen LogP) is 3.55. The zero-order valence-corrected chi connectivity index (χ0v) is 15.4. The molecule has 25 heavy (non-hydrogen) atoms. The van der Waals surface area contributed by atoms with Crippen molar-refractivity contribution in [1.82, 2.24) is 0 Å². The maximum absolute atomic E-state index is 10.7. The van der Waals surface area contributed by atoms with Crippen LogP contribution in [-0.4, -0.2) is 30.3 Å². The van der Waals surface area contributed by atoms with E-state index in [0.29, 0.717) is 12.6 Å². The average molecular weight is 356 g/mol. The van der Waals surface area contributed by atoms with E-state index in [0.717, 1.165) is 6.54 Å². The first-order valence-electron chi connectivity index (χ1n) is 9.46. The Labute approximate surface area is 154 Å². The van der Waals surface area contributed by atoms with Gasteiger partial charge in [0.05, 0.1) is 24.0 Å². The highest BCUT2D eigenvalue weighted by atomic mass is 32.2. The maximum atomic E-state index is 10.7. The molecule has 3 N–H and O–H groups in total. The number of aliphatic hydroxyl groups excluding tert-OH is 1. The number of benzene rings is 2. The van der Waals surface area contributed by atoms with Crippen LogP contribution in [-0.2, 0) is 0 Å². The van der Waals surface area contributed by atoms with Crippen LogP contribution in [0.4, 0.5) is 11.4 Å². The fourth-order valence-corrected chi connectivity index (χ4v) is 5.08. The second-order valence-electron chi connectivity index (χ2n) is 7.17. The largest absolute Gasteiger partial charge is 0.385 e. The predicted molar refractivity (Wildman–Crippen MR) is 104 cm³/mol. The normalized spacial score (nSPS) is 18.5. The minimum absolute atomic E-state index is 0.328. The molecule has 0 amide bonds. The molecule has 1 fully saturated rings. The van der Waals surface area contributed by atoms with E-state index < -0.39 is 0 Å². The third-order valence-electron chi connectivity index (χ3n) is 5.32. The lowest BCUT2D eigenvalue weighted by Crippen LogP contribution is -2.92. The summed E-state index contributed by atoms with van der Waals surface area (Å²) in [6.07, 6.45) is 6.36. The topological polar surface area (TPSA) is 40.1 Å². The fourth-order valence-electron chi connectivity index (χ4n) is 3.98. The van der Waals surface area contributed by atoms with Gasteiger partial charge in [-0.25, -0.2) is 0 Å². The van der Waals surface area contributed by atoms with Crippen LogP contribution in [0.2, 0.25) is 0 Å². The molecule has 1 heterocycles. The van der Waals surface area contributed by atoms with E-state index in [1.54, 1.807) is 0 Å². The Kier molecular flexibility index (Phi) is 5.30. The molecule has 3 nitrogen and oxygen atoms in total. The van der Waals surface area contributed by atoms with Gasteiger partial charge in [0, 0.05) is 9.79 Å². The number of para-hydroxylation sites is 2. The Morgan fingerprint density at radius 2 is 1.56 bits per heavy atom. The third-order valence-corrected chi connectivity index (χ3v) is 6.45. The number of hydrogen-bond acceptors (Lipinski definition) is 3. The summed E-state index contributed by atoms with van der Waals surface area (Å²) in [6, 6.07) is 17.7. The molecule has 2 aliphatic rings. The number of rotatable bonds is 5. The Morgan fingerprint density at radius 3 is 2.20 bits per heavy atom. The van der Waals surface area contributed by atoms with Gasteiger partial charge in [0.2, 0.25) is 0 Å². The Hall–Kier alpha value is -1.49. The van der Waals surface area contributed by atoms with Gasteiger partial charge in [-0.2, -0.15) is 0 Å². The van der Waals surface area contributed by atoms with Gasteiger partial charge in [-0.3, -0.25) is 0 Å². The second kappa shape index (κ2) is 7.81. The molecular weight excluding hydrogens is 328 g/mol. The monoisotopic (exact) mass is 355 g/mol. The summed E-state index contributed by atoms with van der Waals surface area (Å²) in [5, 5.41) is 13.1. The van der Waals surface area contributed by atoms with E-state index in [-0.39, 0.29) is 6.10 Å². The number of β-amino-alcohol motifs (C(OH)–C–C–N with tert-alkyl or cyclic N) is 1. The molecule has 0 saturated heterocycles. The summed E-state index contributed by atoms with van der Waals surface area (Å²) in [6.45, 7) is 1.44. The highest BCUT2D eigenvalue weighted by Crippen LogP contribution is 2.47. The SMILES string of the molecule is O[C@@H](C[NH2+]C1CCCCC1)CN1c2ccccc2Sc2ccccc21. The third kappa shape index (κ3) is 3.86. The molecule has 1 aliphatic heterocycles. The minimum Gasteiger partial charge on any atom is -0.385 e. The zero-order valence-electron chi connectivity index (χ0n) is 14.6. The van der Waals surface area contributed by atoms with E-state index >= 15 is 0 Å². The minimum atomic E-state index is -0.328. The number of fused-ring (bicyclic) bond motifs is 2. The highest BCUT2D eigenvalue weighted by molar-refractivity contribution is 7.99. The number of quaternary nitrogens is 1. The van der Waals surface area contributed by atoms with Crippen LogP contribution in [0.1, 0.15) is 32.1 Å². The van der Waals surface area contributed by atoms with Crippen LogP contribution in [0.25, 0.3) is 0 Å². The van der Waals surface area contributed by atoms with Gasteiger partial charge < -0.3 is 15.3 Å². The van der Waals surface area contributed by atoms with E-state index in [9.17, 15) is 5.11 Å². The molecule has 2 aromatic rings. The molecule has 1 atom stereocenters. The molecule has 1 saturated carbocycles. The molecule has 132 valence electrons. The van der Waals surface area contributed by atoms with Gasteiger partial charge in [-0.1, -0.05) is 42.4 Å². The molecule has 4 heteroatoms. The van der Waals surface area contributed by atoms with E-state index in [2.05, 4.69) is 58.7 Å². The summed E-state index contributed by atoms with van der Waals surface area (Å²) in [4.78, 5) is 4.83. The van der Waals surface area contributed by atoms with Gasteiger partial charge in [-0.05, 0) is 49.9 Å². The first-order chi connectivity index (χ1) is 12.3. The molecular formula is C21H27N2OS+. The number of nitrogens with zero attached hydrogens (tertiary/aromatic N) is 1. The Bertz CT molecular complexity index is 669. The van der Waals surface area contributed by atoms with Crippen molar-refractivity contribution < 1.29 is 10.4 Å². The summed E-state index contributed by atoms with van der Waals surface area (Å²) in [5.74, 6) is 0. The van der Waals surface area contributed by atoms with E-state index in [1.165, 1.54) is 53.3 Å². The van der Waals surface area contributed by atoms with Crippen molar-refractivity contribution in [1.29, 1.82) is 0 Å². The first-order valence-corrected chi connectivity index (χ1v) is 10.3. The summed E-state index contributed by atoms with van der Waals surface area (Å²) >= 11 is 1.82. The van der Waals surface area contributed by atoms with Crippen molar-refractivity contribution in [2.24, 2.45) is 0 Å². The van der Waals surface area contributed by atoms with Crippen LogP contribution < -0.4 is 10.2 Å². The van der Waals surface area contributed by atoms with Crippen molar-refractivity contribution in [2.45, 2.75) is 54.0 Å². The lowest BCUT2D eigenvalue weighted by molar-refractivity contribution is -0.696. The highest BCUT2D eigenvalue weighted by Gasteiger charge is 2.26. The van der Waals surface area contributed by atoms with Gasteiger partial charge in [0.15, 0.2) is 0 Å². The molecule has 2 aromatic carbocycles. The number of hydrogen-bond donors (Lipinski definition) is 2. The molecule has 0 radical (unpaired) electrons. The summed E-state index contributed by atoms with van der Waals surface area (Å²) in [5.41, 5.74) is 2.42. The molecule has 4 rings (SSSR count). The van der Waals surface area contributed by atoms with Crippen molar-refractivity contribution >= 4 is 23.1 Å². The van der Waals surface area contributed by atoms with Gasteiger partial charge in [0.25, 0.3) is 0 Å². The molecule has 0 bridgehead atoms. The van der Waals surface area contributed by atoms with Crippen LogP contribution in [0, 0.1) is 0 Å². The quantitative estimate of drug-likeness (QED) is 0.862. The lowest BCUT2D eigenvalue weighted by atomic mass is 9.95. The molecule has 0 aromatic heterocycles. The molecule has 1 aliphatic carbocycles. The van der Waals surface area contributed by atoms with Crippen LogP contribution in [0.3, 0.4) is 0 Å². The van der Waals surface area contributed by atoms with Gasteiger partial charge >= 0.3 is 0 Å².